The average Bonchev–Trinajstić information content (AvgIpc) is 3.10. The first-order valence-electron chi connectivity index (χ1n) is 9.85. The van der Waals surface area contributed by atoms with Gasteiger partial charge in [-0.15, -0.1) is 6.42 Å². The van der Waals surface area contributed by atoms with Crippen molar-refractivity contribution in [1.29, 1.82) is 0 Å². The Balaban J connectivity index is 2.00. The predicted molar refractivity (Wildman–Crippen MR) is 112 cm³/mol. The number of terminal acetylenes is 1. The maximum Gasteiger partial charge on any atom is 0.258 e. The van der Waals surface area contributed by atoms with Gasteiger partial charge in [0.05, 0.1) is 17.0 Å². The molecule has 27 heavy (non-hydrogen) atoms. The zero-order valence-corrected chi connectivity index (χ0v) is 16.9. The number of rotatable bonds is 4. The highest BCUT2D eigenvalue weighted by Crippen LogP contribution is 2.49. The van der Waals surface area contributed by atoms with Gasteiger partial charge in [-0.25, -0.2) is 4.98 Å². The molecule has 0 bridgehead atoms. The van der Waals surface area contributed by atoms with E-state index >= 15 is 0 Å². The Morgan fingerprint density at radius 3 is 2.74 bits per heavy atom. The fourth-order valence-electron chi connectivity index (χ4n) is 4.79. The fourth-order valence-corrected chi connectivity index (χ4v) is 5.47. The van der Waals surface area contributed by atoms with E-state index in [1.165, 1.54) is 30.2 Å². The van der Waals surface area contributed by atoms with Gasteiger partial charge in [0.2, 0.25) is 0 Å². The van der Waals surface area contributed by atoms with Crippen molar-refractivity contribution < 1.29 is 0 Å². The number of fused-ring (bicyclic) bond motifs is 4. The van der Waals surface area contributed by atoms with E-state index in [1.54, 1.807) is 0 Å². The van der Waals surface area contributed by atoms with Gasteiger partial charge in [-0.3, -0.25) is 9.36 Å². The molecule has 1 saturated carbocycles. The Morgan fingerprint density at radius 1 is 1.30 bits per heavy atom. The molecule has 1 spiro atoms. The van der Waals surface area contributed by atoms with Crippen LogP contribution in [0.4, 0.5) is 0 Å². The molecule has 0 amide bonds. The molecule has 4 rings (SSSR count). The van der Waals surface area contributed by atoms with Crippen molar-refractivity contribution in [3.8, 4) is 23.6 Å². The molecular formula is C23H26N2OS. The van der Waals surface area contributed by atoms with Gasteiger partial charge in [0.1, 0.15) is 0 Å². The lowest BCUT2D eigenvalue weighted by molar-refractivity contribution is 0.404. The second kappa shape index (κ2) is 7.20. The van der Waals surface area contributed by atoms with Crippen molar-refractivity contribution in [1.82, 2.24) is 9.55 Å². The number of hydrogen-bond donors (Lipinski definition) is 0. The van der Waals surface area contributed by atoms with Crippen LogP contribution in [0.3, 0.4) is 0 Å². The van der Waals surface area contributed by atoms with Crippen LogP contribution in [-0.2, 0) is 18.4 Å². The van der Waals surface area contributed by atoms with E-state index in [0.29, 0.717) is 18.2 Å². The van der Waals surface area contributed by atoms with E-state index in [-0.39, 0.29) is 11.0 Å². The van der Waals surface area contributed by atoms with Gasteiger partial charge in [0.15, 0.2) is 5.16 Å². The Morgan fingerprint density at radius 2 is 2.04 bits per heavy atom. The standard InChI is InChI=1S/C23H26N2OS/c1-4-13-27-22-24-20-18-10-6-5-9-17(18)14-23(11-7-8-12-23)19(20)21(26)25(22)15-16(2)3/h1,5-6,9-10,16H,7-8,11-15H2,2-3H3. The molecule has 2 aliphatic rings. The summed E-state index contributed by atoms with van der Waals surface area (Å²) in [6.07, 6.45) is 11.0. The molecule has 2 aromatic rings. The molecule has 0 N–H and O–H groups in total. The first-order valence-corrected chi connectivity index (χ1v) is 10.8. The van der Waals surface area contributed by atoms with E-state index in [1.807, 2.05) is 10.6 Å². The van der Waals surface area contributed by atoms with E-state index in [9.17, 15) is 4.79 Å². The minimum Gasteiger partial charge on any atom is -0.287 e. The van der Waals surface area contributed by atoms with Gasteiger partial charge in [0.25, 0.3) is 5.56 Å². The largest absolute Gasteiger partial charge is 0.287 e. The normalized spacial score (nSPS) is 17.0. The quantitative estimate of drug-likeness (QED) is 0.441. The Labute approximate surface area is 165 Å². The third-order valence-electron chi connectivity index (χ3n) is 5.86. The highest BCUT2D eigenvalue weighted by Gasteiger charge is 2.44. The Bertz CT molecular complexity index is 961. The van der Waals surface area contributed by atoms with E-state index in [2.05, 4.69) is 38.0 Å². The van der Waals surface area contributed by atoms with Crippen LogP contribution >= 0.6 is 11.8 Å². The van der Waals surface area contributed by atoms with Gasteiger partial charge >= 0.3 is 0 Å². The second-order valence-corrected chi connectivity index (χ2v) is 9.18. The van der Waals surface area contributed by atoms with Crippen LogP contribution in [0.1, 0.15) is 50.7 Å². The van der Waals surface area contributed by atoms with E-state index < -0.39 is 0 Å². The molecule has 4 heteroatoms. The maximum absolute atomic E-state index is 13.8. The SMILES string of the molecule is C#CCSc1nc2c(c(=O)n1CC(C)C)C1(CCCC1)Cc1ccccc1-2. The maximum atomic E-state index is 13.8. The highest BCUT2D eigenvalue weighted by molar-refractivity contribution is 7.99. The smallest absolute Gasteiger partial charge is 0.258 e. The first kappa shape index (κ1) is 18.4. The summed E-state index contributed by atoms with van der Waals surface area (Å²) in [6.45, 7) is 4.97. The van der Waals surface area contributed by atoms with Gasteiger partial charge < -0.3 is 0 Å². The summed E-state index contributed by atoms with van der Waals surface area (Å²) >= 11 is 1.50. The topological polar surface area (TPSA) is 34.9 Å². The minimum absolute atomic E-state index is 0.0399. The van der Waals surface area contributed by atoms with Crippen LogP contribution in [0.15, 0.2) is 34.2 Å². The van der Waals surface area contributed by atoms with Crippen molar-refractivity contribution >= 4 is 11.8 Å². The van der Waals surface area contributed by atoms with Crippen LogP contribution < -0.4 is 5.56 Å². The zero-order chi connectivity index (χ0) is 19.0. The summed E-state index contributed by atoms with van der Waals surface area (Å²) in [6, 6.07) is 8.46. The summed E-state index contributed by atoms with van der Waals surface area (Å²) in [5, 5.41) is 0.759. The van der Waals surface area contributed by atoms with Crippen LogP contribution in [0, 0.1) is 18.3 Å². The Hall–Kier alpha value is -1.99. The molecule has 1 aromatic heterocycles. The van der Waals surface area contributed by atoms with Crippen molar-refractivity contribution in [2.45, 2.75) is 63.1 Å². The molecular weight excluding hydrogens is 352 g/mol. The van der Waals surface area contributed by atoms with E-state index in [4.69, 9.17) is 11.4 Å². The number of nitrogens with zero attached hydrogens (tertiary/aromatic N) is 2. The van der Waals surface area contributed by atoms with Crippen molar-refractivity contribution in [3.05, 3.63) is 45.7 Å². The average molecular weight is 379 g/mol. The molecule has 2 aliphatic carbocycles. The van der Waals surface area contributed by atoms with Gasteiger partial charge in [-0.05, 0) is 30.7 Å². The molecule has 1 aromatic carbocycles. The summed E-state index contributed by atoms with van der Waals surface area (Å²) in [5.74, 6) is 3.57. The molecule has 0 saturated heterocycles. The number of thioether (sulfide) groups is 1. The third-order valence-corrected chi connectivity index (χ3v) is 6.74. The molecule has 0 aliphatic heterocycles. The van der Waals surface area contributed by atoms with Crippen LogP contribution in [0.5, 0.6) is 0 Å². The summed E-state index contributed by atoms with van der Waals surface area (Å²) in [5.41, 5.74) is 4.44. The van der Waals surface area contributed by atoms with Crippen LogP contribution in [-0.4, -0.2) is 15.3 Å². The second-order valence-electron chi connectivity index (χ2n) is 8.24. The minimum atomic E-state index is -0.0399. The highest BCUT2D eigenvalue weighted by atomic mass is 32.2. The van der Waals surface area contributed by atoms with Gasteiger partial charge in [0, 0.05) is 17.5 Å². The van der Waals surface area contributed by atoms with Gasteiger partial charge in [-0.2, -0.15) is 0 Å². The molecule has 1 fully saturated rings. The summed E-state index contributed by atoms with van der Waals surface area (Å²) in [4.78, 5) is 18.8. The predicted octanol–water partition coefficient (Wildman–Crippen LogP) is 4.66. The lowest BCUT2D eigenvalue weighted by Crippen LogP contribution is -2.40. The molecule has 140 valence electrons. The lowest BCUT2D eigenvalue weighted by atomic mass is 9.68. The molecule has 0 radical (unpaired) electrons. The molecule has 3 nitrogen and oxygen atoms in total. The first-order chi connectivity index (χ1) is 13.1. The molecule has 1 heterocycles. The van der Waals surface area contributed by atoms with Crippen molar-refractivity contribution in [2.24, 2.45) is 5.92 Å². The fraction of sp³-hybridized carbons (Fsp3) is 0.478. The van der Waals surface area contributed by atoms with E-state index in [0.717, 1.165) is 41.2 Å². The lowest BCUT2D eigenvalue weighted by Gasteiger charge is -2.36. The van der Waals surface area contributed by atoms with Crippen LogP contribution in [0.25, 0.3) is 11.3 Å². The number of hydrogen-bond acceptors (Lipinski definition) is 3. The Kier molecular flexibility index (Phi) is 4.90. The summed E-state index contributed by atoms with van der Waals surface area (Å²) < 4.78 is 1.89. The molecule has 0 atom stereocenters. The number of benzene rings is 1. The number of aromatic nitrogens is 2. The third kappa shape index (κ3) is 3.12. The molecule has 0 unspecified atom stereocenters. The van der Waals surface area contributed by atoms with Crippen molar-refractivity contribution in [2.75, 3.05) is 5.75 Å². The summed E-state index contributed by atoms with van der Waals surface area (Å²) in [7, 11) is 0. The van der Waals surface area contributed by atoms with Gasteiger partial charge in [-0.1, -0.05) is 68.6 Å². The van der Waals surface area contributed by atoms with Crippen LogP contribution in [0.2, 0.25) is 0 Å². The zero-order valence-electron chi connectivity index (χ0n) is 16.1. The monoisotopic (exact) mass is 378 g/mol. The van der Waals surface area contributed by atoms with Crippen molar-refractivity contribution in [3.63, 3.8) is 0 Å².